The number of nitrogens with two attached hydrogens (primary N) is 1. The monoisotopic (exact) mass is 386 g/mol. The Morgan fingerprint density at radius 1 is 0.964 bits per heavy atom. The van der Waals surface area contributed by atoms with E-state index in [1.807, 2.05) is 13.8 Å². The van der Waals surface area contributed by atoms with Crippen LogP contribution in [0.15, 0.2) is 42.5 Å². The van der Waals surface area contributed by atoms with Gasteiger partial charge in [-0.1, -0.05) is 12.1 Å². The molecule has 0 radical (unpaired) electrons. The van der Waals surface area contributed by atoms with Gasteiger partial charge < -0.3 is 25.3 Å². The van der Waals surface area contributed by atoms with E-state index in [1.54, 1.807) is 18.2 Å². The zero-order valence-electron chi connectivity index (χ0n) is 15.7. The minimum absolute atomic E-state index is 0.162. The number of benzene rings is 2. The molecule has 2 rings (SSSR count). The maximum atomic E-state index is 12.2. The summed E-state index contributed by atoms with van der Waals surface area (Å²) in [5, 5.41) is 2.49. The Bertz CT molecular complexity index is 866. The van der Waals surface area contributed by atoms with Gasteiger partial charge in [-0.2, -0.15) is 0 Å². The molecule has 2 aromatic carbocycles. The SMILES string of the molecule is CCOc1ccc(C(=O)OCC(=O)Nc2ccccc2C(N)=O)cc1OCC. The average Bonchev–Trinajstić information content (AvgIpc) is 2.68. The summed E-state index contributed by atoms with van der Waals surface area (Å²) in [6.07, 6.45) is 0. The predicted molar refractivity (Wildman–Crippen MR) is 103 cm³/mol. The standard InChI is InChI=1S/C20H22N2O6/c1-3-26-16-10-9-13(11-17(16)27-4-2)20(25)28-12-18(23)22-15-8-6-5-7-14(15)19(21)24/h5-11H,3-4,12H2,1-2H3,(H2,21,24)(H,22,23). The van der Waals surface area contributed by atoms with Gasteiger partial charge in [-0.3, -0.25) is 9.59 Å². The number of ether oxygens (including phenoxy) is 3. The molecule has 0 saturated carbocycles. The lowest BCUT2D eigenvalue weighted by atomic mass is 10.1. The zero-order chi connectivity index (χ0) is 20.5. The van der Waals surface area contributed by atoms with Crippen LogP contribution < -0.4 is 20.5 Å². The third-order valence-corrected chi connectivity index (χ3v) is 3.58. The van der Waals surface area contributed by atoms with Crippen LogP contribution in [-0.4, -0.2) is 37.6 Å². The van der Waals surface area contributed by atoms with E-state index in [-0.39, 0.29) is 16.8 Å². The predicted octanol–water partition coefficient (Wildman–Crippen LogP) is 2.38. The average molecular weight is 386 g/mol. The smallest absolute Gasteiger partial charge is 0.338 e. The first kappa shape index (κ1) is 20.8. The van der Waals surface area contributed by atoms with E-state index in [4.69, 9.17) is 19.9 Å². The molecule has 0 atom stereocenters. The van der Waals surface area contributed by atoms with E-state index in [1.165, 1.54) is 24.3 Å². The molecule has 2 amide bonds. The highest BCUT2D eigenvalue weighted by atomic mass is 16.5. The quantitative estimate of drug-likeness (QED) is 0.639. The number of carbonyl (C=O) groups is 3. The molecule has 0 bridgehead atoms. The van der Waals surface area contributed by atoms with Crippen molar-refractivity contribution in [3.05, 3.63) is 53.6 Å². The lowest BCUT2D eigenvalue weighted by Crippen LogP contribution is -2.23. The van der Waals surface area contributed by atoms with E-state index in [0.29, 0.717) is 24.7 Å². The van der Waals surface area contributed by atoms with Crippen molar-refractivity contribution in [1.82, 2.24) is 0 Å². The largest absolute Gasteiger partial charge is 0.490 e. The molecule has 0 aliphatic carbocycles. The summed E-state index contributed by atoms with van der Waals surface area (Å²) in [7, 11) is 0. The minimum atomic E-state index is -0.692. The molecular weight excluding hydrogens is 364 g/mol. The number of amides is 2. The molecule has 2 aromatic rings. The number of hydrogen-bond donors (Lipinski definition) is 2. The first-order valence-corrected chi connectivity index (χ1v) is 8.71. The molecule has 0 spiro atoms. The molecule has 8 nitrogen and oxygen atoms in total. The van der Waals surface area contributed by atoms with E-state index in [9.17, 15) is 14.4 Å². The molecular formula is C20H22N2O6. The van der Waals surface area contributed by atoms with Crippen molar-refractivity contribution in [3.8, 4) is 11.5 Å². The number of anilines is 1. The number of carbonyl (C=O) groups excluding carboxylic acids is 3. The first-order valence-electron chi connectivity index (χ1n) is 8.71. The van der Waals surface area contributed by atoms with Crippen molar-refractivity contribution < 1.29 is 28.6 Å². The lowest BCUT2D eigenvalue weighted by Gasteiger charge is -2.12. The summed E-state index contributed by atoms with van der Waals surface area (Å²) in [6, 6.07) is 10.9. The van der Waals surface area contributed by atoms with Crippen molar-refractivity contribution in [2.24, 2.45) is 5.73 Å². The Kier molecular flexibility index (Phi) is 7.38. The van der Waals surface area contributed by atoms with Gasteiger partial charge in [0, 0.05) is 0 Å². The normalized spacial score (nSPS) is 10.1. The first-order chi connectivity index (χ1) is 13.5. The Morgan fingerprint density at radius 2 is 1.64 bits per heavy atom. The van der Waals surface area contributed by atoms with Crippen molar-refractivity contribution in [2.45, 2.75) is 13.8 Å². The van der Waals surface area contributed by atoms with Crippen LogP contribution in [0.4, 0.5) is 5.69 Å². The number of rotatable bonds is 9. The number of nitrogens with one attached hydrogen (secondary N) is 1. The van der Waals surface area contributed by atoms with E-state index < -0.39 is 24.4 Å². The molecule has 3 N–H and O–H groups in total. The van der Waals surface area contributed by atoms with Crippen molar-refractivity contribution in [2.75, 3.05) is 25.1 Å². The second-order valence-electron chi connectivity index (χ2n) is 5.56. The second kappa shape index (κ2) is 9.96. The summed E-state index contributed by atoms with van der Waals surface area (Å²) in [6.45, 7) is 3.99. The Hall–Kier alpha value is -3.55. The summed E-state index contributed by atoms with van der Waals surface area (Å²) in [4.78, 5) is 35.7. The van der Waals surface area contributed by atoms with Crippen LogP contribution >= 0.6 is 0 Å². The minimum Gasteiger partial charge on any atom is -0.490 e. The van der Waals surface area contributed by atoms with Gasteiger partial charge in [0.05, 0.1) is 30.0 Å². The highest BCUT2D eigenvalue weighted by Crippen LogP contribution is 2.28. The van der Waals surface area contributed by atoms with Crippen LogP contribution in [0.5, 0.6) is 11.5 Å². The lowest BCUT2D eigenvalue weighted by molar-refractivity contribution is -0.119. The van der Waals surface area contributed by atoms with E-state index in [0.717, 1.165) is 0 Å². The fourth-order valence-corrected chi connectivity index (χ4v) is 2.39. The maximum absolute atomic E-state index is 12.2. The molecule has 148 valence electrons. The van der Waals surface area contributed by atoms with Gasteiger partial charge >= 0.3 is 5.97 Å². The van der Waals surface area contributed by atoms with Crippen molar-refractivity contribution >= 4 is 23.5 Å². The van der Waals surface area contributed by atoms with Crippen LogP contribution in [0, 0.1) is 0 Å². The fraction of sp³-hybridized carbons (Fsp3) is 0.250. The highest BCUT2D eigenvalue weighted by molar-refractivity contribution is 6.03. The third kappa shape index (κ3) is 5.47. The van der Waals surface area contributed by atoms with Gasteiger partial charge in [-0.05, 0) is 44.2 Å². The van der Waals surface area contributed by atoms with Crippen LogP contribution in [0.2, 0.25) is 0 Å². The summed E-state index contributed by atoms with van der Waals surface area (Å²) in [5.41, 5.74) is 5.89. The van der Waals surface area contributed by atoms with Gasteiger partial charge in [-0.15, -0.1) is 0 Å². The molecule has 0 unspecified atom stereocenters. The van der Waals surface area contributed by atoms with Crippen LogP contribution in [0.1, 0.15) is 34.6 Å². The number of hydrogen-bond acceptors (Lipinski definition) is 6. The topological polar surface area (TPSA) is 117 Å². The van der Waals surface area contributed by atoms with Gasteiger partial charge in [0.2, 0.25) is 0 Å². The Balaban J connectivity index is 2.01. The van der Waals surface area contributed by atoms with Gasteiger partial charge in [0.25, 0.3) is 11.8 Å². The van der Waals surface area contributed by atoms with Gasteiger partial charge in [-0.25, -0.2) is 4.79 Å². The molecule has 8 heteroatoms. The second-order valence-corrected chi connectivity index (χ2v) is 5.56. The Labute approximate surface area is 162 Å². The van der Waals surface area contributed by atoms with Crippen molar-refractivity contribution in [3.63, 3.8) is 0 Å². The molecule has 0 aliphatic heterocycles. The molecule has 0 aromatic heterocycles. The van der Waals surface area contributed by atoms with Crippen LogP contribution in [-0.2, 0) is 9.53 Å². The fourth-order valence-electron chi connectivity index (χ4n) is 2.39. The Morgan fingerprint density at radius 3 is 2.32 bits per heavy atom. The van der Waals surface area contributed by atoms with Gasteiger partial charge in [0.1, 0.15) is 0 Å². The number of primary amides is 1. The summed E-state index contributed by atoms with van der Waals surface area (Å²) >= 11 is 0. The maximum Gasteiger partial charge on any atom is 0.338 e. The van der Waals surface area contributed by atoms with Crippen molar-refractivity contribution in [1.29, 1.82) is 0 Å². The van der Waals surface area contributed by atoms with E-state index >= 15 is 0 Å². The van der Waals surface area contributed by atoms with Crippen LogP contribution in [0.25, 0.3) is 0 Å². The highest BCUT2D eigenvalue weighted by Gasteiger charge is 2.15. The van der Waals surface area contributed by atoms with Gasteiger partial charge in [0.15, 0.2) is 18.1 Å². The molecule has 0 fully saturated rings. The van der Waals surface area contributed by atoms with Crippen LogP contribution in [0.3, 0.4) is 0 Å². The third-order valence-electron chi connectivity index (χ3n) is 3.58. The zero-order valence-corrected chi connectivity index (χ0v) is 15.7. The van der Waals surface area contributed by atoms with E-state index in [2.05, 4.69) is 5.32 Å². The summed E-state index contributed by atoms with van der Waals surface area (Å²) in [5.74, 6) is -1.04. The molecule has 0 aliphatic rings. The summed E-state index contributed by atoms with van der Waals surface area (Å²) < 4.78 is 15.9. The molecule has 0 saturated heterocycles. The number of esters is 1. The molecule has 0 heterocycles. The molecule has 28 heavy (non-hydrogen) atoms. The number of para-hydroxylation sites is 1.